The molecule has 0 unspecified atom stereocenters. The zero-order chi connectivity index (χ0) is 83.9. The lowest BCUT2D eigenvalue weighted by atomic mass is 10.0. The Morgan fingerprint density at radius 3 is 1.46 bits per heavy atom. The van der Waals surface area contributed by atoms with Gasteiger partial charge in [-0.25, -0.2) is 24.9 Å². The second-order valence-corrected chi connectivity index (χ2v) is 46.3. The van der Waals surface area contributed by atoms with E-state index in [0.717, 1.165) is 72.8 Å². The maximum atomic E-state index is 12.0. The minimum atomic E-state index is -5.00. The number of nitrogen functional groups attached to an aromatic ring is 4. The van der Waals surface area contributed by atoms with Crippen LogP contribution in [0.25, 0.3) is 66.2 Å². The van der Waals surface area contributed by atoms with E-state index in [1.165, 1.54) is 11.5 Å². The zero-order valence-corrected chi connectivity index (χ0v) is 78.6. The van der Waals surface area contributed by atoms with Gasteiger partial charge in [-0.2, -0.15) is 48.1 Å². The number of amides is 1. The minimum Gasteiger partial charge on any atom is -0.411 e. The Hall–Kier alpha value is -5.17. The number of aliphatic hydroxyl groups excluding tert-OH is 2. The number of nitrogens with two attached hydrogens (primary N) is 4. The van der Waals surface area contributed by atoms with Crippen molar-refractivity contribution in [3.63, 3.8) is 0 Å². The molecule has 0 bridgehead atoms. The third-order valence-corrected chi connectivity index (χ3v) is 33.9. The van der Waals surface area contributed by atoms with Gasteiger partial charge in [-0.3, -0.25) is 10.1 Å². The quantitative estimate of drug-likeness (QED) is 0.0325. The molecule has 3 saturated heterocycles. The molecule has 12 aromatic heterocycles. The molecule has 15 rings (SSSR count). The number of hydrogen-bond donors (Lipinski definition) is 11. The fourth-order valence-corrected chi connectivity index (χ4v) is 19.6. The number of carbonyl (C=O) groups is 1. The van der Waals surface area contributed by atoms with E-state index >= 15 is 0 Å². The van der Waals surface area contributed by atoms with Crippen LogP contribution in [0.4, 0.5) is 48.9 Å². The maximum absolute atomic E-state index is 12.0. The molecular formula is C68H83Cl6F3I4N24O7Si2. The van der Waals surface area contributed by atoms with Crippen molar-refractivity contribution in [3.8, 4) is 0 Å². The molecule has 0 radical (unpaired) electrons. The van der Waals surface area contributed by atoms with E-state index in [9.17, 15) is 23.1 Å². The van der Waals surface area contributed by atoms with Crippen molar-refractivity contribution in [1.82, 2.24) is 88.5 Å². The Bertz CT molecular complexity index is 5370. The zero-order valence-electron chi connectivity index (χ0n) is 63.4. The van der Waals surface area contributed by atoms with Crippen LogP contribution in [0, 0.1) is 20.2 Å². The first kappa shape index (κ1) is 91.1. The number of ether oxygens (including phenoxy) is 3. The van der Waals surface area contributed by atoms with E-state index in [1.807, 2.05) is 23.2 Å². The van der Waals surface area contributed by atoms with Crippen LogP contribution in [-0.4, -0.2) is 164 Å². The third kappa shape index (κ3) is 20.8. The summed E-state index contributed by atoms with van der Waals surface area (Å²) in [5.41, 5.74) is 25.8. The lowest BCUT2D eigenvalue weighted by molar-refractivity contribution is -0.167. The summed E-state index contributed by atoms with van der Waals surface area (Å²) >= 11 is 45.1. The van der Waals surface area contributed by atoms with Crippen LogP contribution in [0.5, 0.6) is 0 Å². The van der Waals surface area contributed by atoms with Crippen LogP contribution in [0.2, 0.25) is 67.2 Å². The molecule has 9 atom stereocenters. The number of aromatic amines is 3. The van der Waals surface area contributed by atoms with Crippen molar-refractivity contribution < 1.29 is 46.8 Å². The van der Waals surface area contributed by atoms with Gasteiger partial charge >= 0.3 is 12.1 Å². The van der Waals surface area contributed by atoms with Crippen molar-refractivity contribution in [2.75, 3.05) is 39.8 Å². The number of aromatic nitrogens is 18. The van der Waals surface area contributed by atoms with E-state index in [0.29, 0.717) is 72.7 Å². The van der Waals surface area contributed by atoms with Gasteiger partial charge in [0.15, 0.2) is 16.6 Å². The van der Waals surface area contributed by atoms with Crippen molar-refractivity contribution in [2.45, 2.75) is 186 Å². The molecule has 1 amide bonds. The molecule has 3 fully saturated rings. The van der Waals surface area contributed by atoms with Gasteiger partial charge < -0.3 is 85.4 Å². The number of nitrogens with zero attached hydrogens (tertiary/aromatic N) is 15. The Labute approximate surface area is 738 Å². The normalized spacial score (nSPS) is 19.9. The maximum Gasteiger partial charge on any atom is 0.471 e. The highest BCUT2D eigenvalue weighted by Gasteiger charge is 2.46. The molecule has 0 saturated carbocycles. The number of fused-ring (bicyclic) bond motifs is 6. The number of rotatable bonds is 11. The Morgan fingerprint density at radius 2 is 0.982 bits per heavy atom. The number of aliphatic hydroxyl groups is 2. The molecule has 15 N–H and O–H groups in total. The molecule has 3 aliphatic rings. The fraction of sp³-hybridized carbons (Fsp3) is 0.456. The Morgan fingerprint density at radius 1 is 0.561 bits per heavy atom. The second-order valence-electron chi connectivity index (χ2n) is 29.8. The number of hydrogen-bond acceptors (Lipinski definition) is 24. The van der Waals surface area contributed by atoms with E-state index < -0.39 is 53.0 Å². The lowest BCUT2D eigenvalue weighted by Crippen LogP contribution is -2.46. The van der Waals surface area contributed by atoms with E-state index in [1.54, 1.807) is 22.9 Å². The number of nitrogens with one attached hydrogen (secondary N) is 5. The summed E-state index contributed by atoms with van der Waals surface area (Å²) in [5.74, 6) is -0.886. The van der Waals surface area contributed by atoms with Gasteiger partial charge in [0.05, 0.1) is 63.3 Å². The molecule has 616 valence electrons. The van der Waals surface area contributed by atoms with E-state index in [4.69, 9.17) is 121 Å². The van der Waals surface area contributed by atoms with Crippen LogP contribution in [0.3, 0.4) is 0 Å². The predicted octanol–water partition coefficient (Wildman–Crippen LogP) is 17.8. The number of carbonyl (C=O) groups excluding carboxylic acids is 1. The van der Waals surface area contributed by atoms with Crippen molar-refractivity contribution in [1.29, 1.82) is 0 Å². The van der Waals surface area contributed by atoms with Crippen LogP contribution < -0.4 is 33.2 Å². The van der Waals surface area contributed by atoms with Gasteiger partial charge in [-0.15, -0.1) is 0 Å². The van der Waals surface area contributed by atoms with Crippen molar-refractivity contribution in [2.24, 2.45) is 5.92 Å². The second kappa shape index (κ2) is 36.8. The lowest BCUT2D eigenvalue weighted by Gasteiger charge is -2.39. The predicted molar refractivity (Wildman–Crippen MR) is 479 cm³/mol. The first-order valence-corrected chi connectivity index (χ1v) is 47.8. The molecule has 31 nitrogen and oxygen atoms in total. The summed E-state index contributed by atoms with van der Waals surface area (Å²) in [5, 5.41) is 27.2. The van der Waals surface area contributed by atoms with Crippen LogP contribution in [0.1, 0.15) is 113 Å². The SMILES string of the molecule is CC[C@H]1O[C@@H](n2cc(I)c3c(Cl)nc(N)nc32)C[C@H]1C.CC[C@H]1O[C@@H](n2cc(I)c3c(Cl)nc(N[Si](C)(C)C(C)(C)C)nc32)C[C@H]1O[Si](C)(C)C(C)(C)C.Nc1nc(Cl)c2c(I)c[nH]c2n1.Nc1nc(Cl)c2c(I)cn([C@H]3C[C@@H](O)[C@@H](CO)O3)c2n1.Nc1nc(Cl)c2cc[nH]c2n1.O=C(Nc1nc(Cl)c2cc[nH]c2n1)C(F)(F)F. The molecule has 46 heteroatoms. The Kier molecular flexibility index (Phi) is 29.4. The molecule has 0 aromatic carbocycles. The largest absolute Gasteiger partial charge is 0.471 e. The average molecular weight is 2180 g/mol. The summed E-state index contributed by atoms with van der Waals surface area (Å²) in [6.07, 6.45) is 8.63. The summed E-state index contributed by atoms with van der Waals surface area (Å²) in [4.78, 5) is 71.6. The van der Waals surface area contributed by atoms with Crippen LogP contribution >= 0.6 is 160 Å². The summed E-state index contributed by atoms with van der Waals surface area (Å²) in [6, 6.07) is 3.37. The van der Waals surface area contributed by atoms with Crippen LogP contribution in [0.15, 0.2) is 49.3 Å². The molecule has 3 aliphatic heterocycles. The van der Waals surface area contributed by atoms with Crippen molar-refractivity contribution >= 4 is 284 Å². The van der Waals surface area contributed by atoms with Gasteiger partial charge in [0.2, 0.25) is 35.7 Å². The topological polar surface area (TPSA) is 439 Å². The van der Waals surface area contributed by atoms with E-state index in [-0.39, 0.29) is 81.1 Å². The smallest absolute Gasteiger partial charge is 0.411 e. The van der Waals surface area contributed by atoms with Gasteiger partial charge in [0.1, 0.15) is 89.6 Å². The number of halogens is 13. The first-order valence-electron chi connectivity index (χ1n) is 35.3. The molecule has 12 aromatic rings. The average Bonchev–Trinajstić information content (AvgIpc) is 1.60. The highest BCUT2D eigenvalue weighted by Crippen LogP contribution is 2.45. The number of anilines is 6. The Balaban J connectivity index is 0.000000151. The standard InChI is InChI=1S/C24H42ClIN4O2Si2.C13H16ClIN4O.C11H12ClIN4O3.C8H4ClF3N4O.C6H4ClIN4.C6H5ClN4/c1-12-16-17(32-34(10,11)24(5,6)7)13-18(31-16)30-14-15(26)19-20(25)27-22(28-21(19)30)29-33(8,9)23(2,3)4;1-3-8-6(2)4-9(20-8)19-5-7(15)10-11(14)17-13(16)18-12(10)19;12-9-8-4(13)2-17(10(8)16-11(14)15-9)7-1-5(19)6(3-18)20-7;9-4-3-1-2-13-5(3)15-7(14-4)16-6(17)8(10,11)12;7-4-3-2(8)1-10-5(3)12-6(9)11-4;7-4-3-1-2-9-5(3)11-6(8)10-4/h14,16-18H,12-13H2,1-11H3,(H,27,28,29);5-6,8-9H,3-4H2,1-2H3,(H2,16,17,18);2,5-7,18-19H,1,3H2,(H2,14,15,16);1-2H,(H2,13,14,15,16,17);1H,(H3,9,10,11,12);1-2H,(H3,8,9,10,11)/t16-,17-,18-;6-,8-,9-;5-,6-,7-;;;/m111.../s1. The van der Waals surface area contributed by atoms with Crippen LogP contribution in [-0.2, 0) is 23.4 Å². The summed E-state index contributed by atoms with van der Waals surface area (Å²) in [7, 11) is -3.77. The fourth-order valence-electron chi connectivity index (χ4n) is 11.9. The number of H-pyrrole nitrogens is 3. The van der Waals surface area contributed by atoms with E-state index in [2.05, 4.69) is 264 Å². The number of alkyl halides is 3. The molecular weight excluding hydrogens is 2100 g/mol. The van der Waals surface area contributed by atoms with Gasteiger partial charge in [0.25, 0.3) is 0 Å². The molecule has 0 aliphatic carbocycles. The summed E-state index contributed by atoms with van der Waals surface area (Å²) < 4.78 is 70.9. The van der Waals surface area contributed by atoms with Crippen molar-refractivity contribution in [3.05, 3.63) is 94.5 Å². The highest BCUT2D eigenvalue weighted by molar-refractivity contribution is 14.1. The molecule has 114 heavy (non-hydrogen) atoms. The monoisotopic (exact) mass is 2180 g/mol. The van der Waals surface area contributed by atoms with Gasteiger partial charge in [-0.05, 0) is 151 Å². The molecule has 15 heterocycles. The minimum absolute atomic E-state index is 0.00803. The molecule has 0 spiro atoms. The third-order valence-electron chi connectivity index (χ3n) is 19.9. The highest BCUT2D eigenvalue weighted by atomic mass is 127. The van der Waals surface area contributed by atoms with Gasteiger partial charge in [-0.1, -0.05) is 145 Å². The first-order chi connectivity index (χ1) is 53.2. The van der Waals surface area contributed by atoms with Gasteiger partial charge in [0, 0.05) is 64.3 Å². The summed E-state index contributed by atoms with van der Waals surface area (Å²) in [6.45, 7) is 29.2.